The number of nitrogens with zero attached hydrogens (tertiary/aromatic N) is 3. The third-order valence-electron chi connectivity index (χ3n) is 2.75. The van der Waals surface area contributed by atoms with Gasteiger partial charge in [0.1, 0.15) is 0 Å². The molecule has 0 aromatic carbocycles. The lowest BCUT2D eigenvalue weighted by atomic mass is 9.83. The highest BCUT2D eigenvalue weighted by atomic mass is 15.4. The second kappa shape index (κ2) is 4.95. The van der Waals surface area contributed by atoms with Gasteiger partial charge < -0.3 is 5.73 Å². The Hall–Kier alpha value is -0.900. The van der Waals surface area contributed by atoms with Crippen LogP contribution in [0.3, 0.4) is 0 Å². The lowest BCUT2D eigenvalue weighted by Gasteiger charge is -2.25. The van der Waals surface area contributed by atoms with Crippen molar-refractivity contribution in [3.63, 3.8) is 0 Å². The molecular formula is C12H24N4. The molecule has 4 heteroatoms. The standard InChI is InChI=1S/C12H24N4/c1-9(7-12(2,3)4)6-10(13)11-8-14-15-16(11)5/h8-10H,6-7,13H2,1-5H3. The number of aryl methyl sites for hydroxylation is 1. The predicted octanol–water partition coefficient (Wildman–Crippen LogP) is 2.28. The maximum absolute atomic E-state index is 6.16. The summed E-state index contributed by atoms with van der Waals surface area (Å²) >= 11 is 0. The van der Waals surface area contributed by atoms with Crippen molar-refractivity contribution in [2.24, 2.45) is 24.1 Å². The van der Waals surface area contributed by atoms with Gasteiger partial charge in [0.25, 0.3) is 0 Å². The molecule has 0 spiro atoms. The third-order valence-corrected chi connectivity index (χ3v) is 2.75. The van der Waals surface area contributed by atoms with Crippen molar-refractivity contribution in [1.82, 2.24) is 15.0 Å². The van der Waals surface area contributed by atoms with Gasteiger partial charge in [0.05, 0.1) is 11.9 Å². The Bertz CT molecular complexity index is 324. The molecule has 2 unspecified atom stereocenters. The molecule has 0 amide bonds. The molecule has 0 saturated carbocycles. The Balaban J connectivity index is 2.52. The van der Waals surface area contributed by atoms with Gasteiger partial charge in [-0.15, -0.1) is 5.10 Å². The van der Waals surface area contributed by atoms with Crippen LogP contribution >= 0.6 is 0 Å². The molecule has 1 rings (SSSR count). The summed E-state index contributed by atoms with van der Waals surface area (Å²) in [5.74, 6) is 0.616. The number of nitrogens with two attached hydrogens (primary N) is 1. The van der Waals surface area contributed by atoms with Gasteiger partial charge in [-0.05, 0) is 24.2 Å². The molecule has 0 fully saturated rings. The van der Waals surface area contributed by atoms with E-state index >= 15 is 0 Å². The molecule has 0 aliphatic carbocycles. The first-order chi connectivity index (χ1) is 7.29. The molecule has 0 aliphatic rings. The summed E-state index contributed by atoms with van der Waals surface area (Å²) in [6, 6.07) is 0.0392. The van der Waals surface area contributed by atoms with E-state index in [4.69, 9.17) is 5.73 Å². The Morgan fingerprint density at radius 2 is 2.06 bits per heavy atom. The Morgan fingerprint density at radius 3 is 2.50 bits per heavy atom. The molecule has 2 atom stereocenters. The molecule has 4 nitrogen and oxygen atoms in total. The van der Waals surface area contributed by atoms with Gasteiger partial charge in [0, 0.05) is 13.1 Å². The molecule has 0 bridgehead atoms. The van der Waals surface area contributed by atoms with Crippen molar-refractivity contribution in [2.75, 3.05) is 0 Å². The minimum absolute atomic E-state index is 0.0392. The fourth-order valence-corrected chi connectivity index (χ4v) is 2.32. The molecule has 16 heavy (non-hydrogen) atoms. The SMILES string of the molecule is CC(CC(N)c1cnnn1C)CC(C)(C)C. The Labute approximate surface area is 98.2 Å². The summed E-state index contributed by atoms with van der Waals surface area (Å²) in [7, 11) is 1.89. The molecule has 1 aromatic heterocycles. The van der Waals surface area contributed by atoms with Crippen molar-refractivity contribution < 1.29 is 0 Å². The lowest BCUT2D eigenvalue weighted by Crippen LogP contribution is -2.20. The first kappa shape index (κ1) is 13.2. The van der Waals surface area contributed by atoms with Gasteiger partial charge in [-0.1, -0.05) is 32.9 Å². The van der Waals surface area contributed by atoms with Crippen molar-refractivity contribution >= 4 is 0 Å². The number of aromatic nitrogens is 3. The van der Waals surface area contributed by atoms with E-state index in [2.05, 4.69) is 38.0 Å². The maximum Gasteiger partial charge on any atom is 0.0751 e. The summed E-state index contributed by atoms with van der Waals surface area (Å²) in [6.07, 6.45) is 3.93. The Kier molecular flexibility index (Phi) is 4.08. The van der Waals surface area contributed by atoms with E-state index in [0.717, 1.165) is 12.1 Å². The van der Waals surface area contributed by atoms with E-state index in [1.807, 2.05) is 7.05 Å². The molecule has 92 valence electrons. The van der Waals surface area contributed by atoms with Crippen molar-refractivity contribution in [3.8, 4) is 0 Å². The van der Waals surface area contributed by atoms with E-state index in [9.17, 15) is 0 Å². The summed E-state index contributed by atoms with van der Waals surface area (Å²) in [6.45, 7) is 9.05. The van der Waals surface area contributed by atoms with Gasteiger partial charge in [-0.3, -0.25) is 4.68 Å². The van der Waals surface area contributed by atoms with E-state index in [0.29, 0.717) is 11.3 Å². The largest absolute Gasteiger partial charge is 0.323 e. The summed E-state index contributed by atoms with van der Waals surface area (Å²) in [5.41, 5.74) is 7.54. The second-order valence-electron chi connectivity index (χ2n) is 5.99. The topological polar surface area (TPSA) is 56.7 Å². The van der Waals surface area contributed by atoms with E-state index in [1.54, 1.807) is 10.9 Å². The average Bonchev–Trinajstić information content (AvgIpc) is 2.47. The lowest BCUT2D eigenvalue weighted by molar-refractivity contribution is 0.284. The first-order valence-electron chi connectivity index (χ1n) is 5.90. The number of hydrogen-bond acceptors (Lipinski definition) is 3. The summed E-state index contributed by atoms with van der Waals surface area (Å²) in [4.78, 5) is 0. The molecule has 2 N–H and O–H groups in total. The van der Waals surface area contributed by atoms with Crippen LogP contribution in [0.15, 0.2) is 6.20 Å². The fourth-order valence-electron chi connectivity index (χ4n) is 2.32. The summed E-state index contributed by atoms with van der Waals surface area (Å²) < 4.78 is 1.76. The fraction of sp³-hybridized carbons (Fsp3) is 0.833. The zero-order valence-corrected chi connectivity index (χ0v) is 11.1. The summed E-state index contributed by atoms with van der Waals surface area (Å²) in [5, 5.41) is 7.76. The van der Waals surface area contributed by atoms with Crippen molar-refractivity contribution in [2.45, 2.75) is 46.6 Å². The van der Waals surface area contributed by atoms with Crippen LogP contribution < -0.4 is 5.73 Å². The normalized spacial score (nSPS) is 16.1. The molecule has 0 saturated heterocycles. The zero-order valence-electron chi connectivity index (χ0n) is 11.1. The zero-order chi connectivity index (χ0) is 12.3. The molecule has 0 radical (unpaired) electrons. The van der Waals surface area contributed by atoms with Crippen LogP contribution in [0.2, 0.25) is 0 Å². The first-order valence-corrected chi connectivity index (χ1v) is 5.90. The quantitative estimate of drug-likeness (QED) is 0.853. The van der Waals surface area contributed by atoms with Gasteiger partial charge in [-0.25, -0.2) is 0 Å². The highest BCUT2D eigenvalue weighted by Crippen LogP contribution is 2.29. The van der Waals surface area contributed by atoms with E-state index < -0.39 is 0 Å². The molecular weight excluding hydrogens is 200 g/mol. The second-order valence-corrected chi connectivity index (χ2v) is 5.99. The van der Waals surface area contributed by atoms with Crippen LogP contribution in [-0.2, 0) is 7.05 Å². The molecule has 1 aromatic rings. The minimum atomic E-state index is 0.0392. The van der Waals surface area contributed by atoms with E-state index in [1.165, 1.54) is 6.42 Å². The molecule has 0 aliphatic heterocycles. The van der Waals surface area contributed by atoms with Crippen LogP contribution in [-0.4, -0.2) is 15.0 Å². The van der Waals surface area contributed by atoms with Gasteiger partial charge in [0.2, 0.25) is 0 Å². The highest BCUT2D eigenvalue weighted by molar-refractivity contribution is 5.00. The van der Waals surface area contributed by atoms with Crippen LogP contribution in [0.4, 0.5) is 0 Å². The monoisotopic (exact) mass is 224 g/mol. The maximum atomic E-state index is 6.16. The number of hydrogen-bond donors (Lipinski definition) is 1. The van der Waals surface area contributed by atoms with Gasteiger partial charge >= 0.3 is 0 Å². The molecule has 1 heterocycles. The van der Waals surface area contributed by atoms with Crippen LogP contribution in [0, 0.1) is 11.3 Å². The smallest absolute Gasteiger partial charge is 0.0751 e. The predicted molar refractivity (Wildman–Crippen MR) is 65.8 cm³/mol. The van der Waals surface area contributed by atoms with Crippen LogP contribution in [0.1, 0.15) is 52.3 Å². The average molecular weight is 224 g/mol. The minimum Gasteiger partial charge on any atom is -0.323 e. The van der Waals surface area contributed by atoms with Gasteiger partial charge in [-0.2, -0.15) is 0 Å². The van der Waals surface area contributed by atoms with Gasteiger partial charge in [0.15, 0.2) is 0 Å². The number of rotatable bonds is 4. The highest BCUT2D eigenvalue weighted by Gasteiger charge is 2.19. The van der Waals surface area contributed by atoms with Crippen LogP contribution in [0.5, 0.6) is 0 Å². The van der Waals surface area contributed by atoms with Crippen molar-refractivity contribution in [1.29, 1.82) is 0 Å². The van der Waals surface area contributed by atoms with Crippen molar-refractivity contribution in [3.05, 3.63) is 11.9 Å². The van der Waals surface area contributed by atoms with Crippen LogP contribution in [0.25, 0.3) is 0 Å². The van der Waals surface area contributed by atoms with E-state index in [-0.39, 0.29) is 6.04 Å². The third kappa shape index (κ3) is 3.93. The Morgan fingerprint density at radius 1 is 1.44 bits per heavy atom.